The zero-order valence-electron chi connectivity index (χ0n) is 10.9. The molecular weight excluding hydrogens is 309 g/mol. The lowest BCUT2D eigenvalue weighted by molar-refractivity contribution is 0.424. The molecule has 2 aromatic carbocycles. The zero-order chi connectivity index (χ0) is 14.8. The van der Waals surface area contributed by atoms with Crippen molar-refractivity contribution < 1.29 is 4.52 Å². The molecule has 0 aliphatic carbocycles. The fourth-order valence-electron chi connectivity index (χ4n) is 1.98. The Bertz CT molecular complexity index is 772. The summed E-state index contributed by atoms with van der Waals surface area (Å²) in [7, 11) is 0. The van der Waals surface area contributed by atoms with Gasteiger partial charge in [0.15, 0.2) is 5.82 Å². The zero-order valence-corrected chi connectivity index (χ0v) is 12.4. The van der Waals surface area contributed by atoms with Gasteiger partial charge >= 0.3 is 0 Å². The predicted molar refractivity (Wildman–Crippen MR) is 83.4 cm³/mol. The van der Waals surface area contributed by atoms with E-state index in [2.05, 4.69) is 10.1 Å². The van der Waals surface area contributed by atoms with Crippen LogP contribution in [0.3, 0.4) is 0 Å². The van der Waals surface area contributed by atoms with Gasteiger partial charge in [-0.3, -0.25) is 0 Å². The lowest BCUT2D eigenvalue weighted by Gasteiger charge is -2.03. The summed E-state index contributed by atoms with van der Waals surface area (Å²) >= 11 is 12.0. The van der Waals surface area contributed by atoms with E-state index in [1.54, 1.807) is 12.1 Å². The second-order valence-corrected chi connectivity index (χ2v) is 5.37. The van der Waals surface area contributed by atoms with Gasteiger partial charge in [-0.2, -0.15) is 4.98 Å². The van der Waals surface area contributed by atoms with E-state index in [-0.39, 0.29) is 0 Å². The van der Waals surface area contributed by atoms with Crippen molar-refractivity contribution in [2.24, 2.45) is 0 Å². The van der Waals surface area contributed by atoms with E-state index >= 15 is 0 Å². The van der Waals surface area contributed by atoms with Gasteiger partial charge in [0.2, 0.25) is 0 Å². The van der Waals surface area contributed by atoms with Gasteiger partial charge in [-0.1, -0.05) is 58.7 Å². The van der Waals surface area contributed by atoms with Crippen molar-refractivity contribution in [3.8, 4) is 11.5 Å². The average Bonchev–Trinajstić information content (AvgIpc) is 2.92. The van der Waals surface area contributed by atoms with Gasteiger partial charge in [-0.05, 0) is 17.7 Å². The number of nitrogen functional groups attached to an aromatic ring is 1. The summed E-state index contributed by atoms with van der Waals surface area (Å²) < 4.78 is 5.26. The van der Waals surface area contributed by atoms with Crippen LogP contribution in [0.2, 0.25) is 10.0 Å². The summed E-state index contributed by atoms with van der Waals surface area (Å²) in [6.45, 7) is 0. The van der Waals surface area contributed by atoms with Crippen LogP contribution in [0.15, 0.2) is 47.0 Å². The maximum Gasteiger partial charge on any atom is 0.260 e. The van der Waals surface area contributed by atoms with Crippen molar-refractivity contribution in [3.05, 3.63) is 63.9 Å². The van der Waals surface area contributed by atoms with Crippen LogP contribution in [-0.2, 0) is 6.42 Å². The van der Waals surface area contributed by atoms with E-state index in [0.717, 1.165) is 5.56 Å². The van der Waals surface area contributed by atoms with Crippen LogP contribution in [0.5, 0.6) is 0 Å². The van der Waals surface area contributed by atoms with Crippen LogP contribution in [-0.4, -0.2) is 10.1 Å². The largest absolute Gasteiger partial charge is 0.397 e. The number of aromatic nitrogens is 2. The van der Waals surface area contributed by atoms with Gasteiger partial charge in [0.25, 0.3) is 5.89 Å². The molecule has 0 atom stereocenters. The van der Waals surface area contributed by atoms with Gasteiger partial charge in [0.1, 0.15) is 0 Å². The van der Waals surface area contributed by atoms with Crippen molar-refractivity contribution in [2.75, 3.05) is 5.73 Å². The Labute approximate surface area is 131 Å². The molecule has 4 nitrogen and oxygen atoms in total. The van der Waals surface area contributed by atoms with Crippen molar-refractivity contribution in [3.63, 3.8) is 0 Å². The van der Waals surface area contributed by atoms with Crippen LogP contribution >= 0.6 is 23.2 Å². The first-order valence-corrected chi connectivity index (χ1v) is 7.00. The van der Waals surface area contributed by atoms with E-state index in [1.807, 2.05) is 30.3 Å². The molecule has 0 radical (unpaired) electrons. The molecule has 0 aliphatic heterocycles. The first-order chi connectivity index (χ1) is 10.1. The molecule has 3 rings (SSSR count). The van der Waals surface area contributed by atoms with E-state index < -0.39 is 0 Å². The SMILES string of the molecule is Nc1c(Cl)cc(Cl)cc1-c1nc(Cc2ccccc2)no1. The third-order valence-corrected chi connectivity index (χ3v) is 3.53. The number of benzene rings is 2. The number of nitrogens with zero attached hydrogens (tertiary/aromatic N) is 2. The van der Waals surface area contributed by atoms with E-state index in [1.165, 1.54) is 0 Å². The van der Waals surface area contributed by atoms with Gasteiger partial charge in [0, 0.05) is 11.4 Å². The van der Waals surface area contributed by atoms with E-state index in [4.69, 9.17) is 33.5 Å². The lowest BCUT2D eigenvalue weighted by atomic mass is 10.1. The molecule has 1 heterocycles. The Kier molecular flexibility index (Phi) is 3.82. The minimum Gasteiger partial charge on any atom is -0.397 e. The van der Waals surface area contributed by atoms with Crippen LogP contribution in [0.1, 0.15) is 11.4 Å². The molecule has 3 aromatic rings. The minimum atomic E-state index is 0.308. The number of hydrogen-bond donors (Lipinski definition) is 1. The molecule has 106 valence electrons. The molecule has 21 heavy (non-hydrogen) atoms. The van der Waals surface area contributed by atoms with Crippen LogP contribution in [0, 0.1) is 0 Å². The van der Waals surface area contributed by atoms with Crippen molar-refractivity contribution >= 4 is 28.9 Å². The number of anilines is 1. The predicted octanol–water partition coefficient (Wildman–Crippen LogP) is 4.22. The normalized spacial score (nSPS) is 10.8. The topological polar surface area (TPSA) is 64.9 Å². The Balaban J connectivity index is 1.92. The first kappa shape index (κ1) is 13.9. The monoisotopic (exact) mass is 319 g/mol. The number of halogens is 2. The Hall–Kier alpha value is -2.04. The Morgan fingerprint density at radius 3 is 2.62 bits per heavy atom. The molecule has 0 spiro atoms. The summed E-state index contributed by atoms with van der Waals surface area (Å²) in [5.74, 6) is 0.884. The molecule has 6 heteroatoms. The second kappa shape index (κ2) is 5.76. The van der Waals surface area contributed by atoms with Crippen LogP contribution in [0.25, 0.3) is 11.5 Å². The fraction of sp³-hybridized carbons (Fsp3) is 0.0667. The molecular formula is C15H11Cl2N3O. The van der Waals surface area contributed by atoms with E-state index in [0.29, 0.717) is 39.4 Å². The Morgan fingerprint density at radius 2 is 1.86 bits per heavy atom. The fourth-order valence-corrected chi connectivity index (χ4v) is 2.47. The molecule has 1 aromatic heterocycles. The quantitative estimate of drug-likeness (QED) is 0.734. The highest BCUT2D eigenvalue weighted by Crippen LogP contribution is 2.34. The molecule has 0 unspecified atom stereocenters. The maximum atomic E-state index is 6.01. The van der Waals surface area contributed by atoms with Gasteiger partial charge in [0.05, 0.1) is 16.3 Å². The second-order valence-electron chi connectivity index (χ2n) is 4.53. The van der Waals surface area contributed by atoms with Gasteiger partial charge in [-0.25, -0.2) is 0 Å². The summed E-state index contributed by atoms with van der Waals surface area (Å²) in [5, 5.41) is 4.79. The minimum absolute atomic E-state index is 0.308. The standard InChI is InChI=1S/C15H11Cl2N3O/c16-10-7-11(14(18)12(17)8-10)15-19-13(20-21-15)6-9-4-2-1-3-5-9/h1-5,7-8H,6,18H2. The molecule has 0 bridgehead atoms. The molecule has 0 saturated heterocycles. The number of nitrogens with two attached hydrogens (primary N) is 1. The summed E-state index contributed by atoms with van der Waals surface area (Å²) in [6, 6.07) is 13.1. The van der Waals surface area contributed by atoms with Crippen molar-refractivity contribution in [2.45, 2.75) is 6.42 Å². The molecule has 2 N–H and O–H groups in total. The Morgan fingerprint density at radius 1 is 1.10 bits per heavy atom. The molecule has 0 fully saturated rings. The highest BCUT2D eigenvalue weighted by Gasteiger charge is 2.15. The smallest absolute Gasteiger partial charge is 0.260 e. The maximum absolute atomic E-state index is 6.01. The average molecular weight is 320 g/mol. The lowest BCUT2D eigenvalue weighted by Crippen LogP contribution is -1.93. The summed E-state index contributed by atoms with van der Waals surface area (Å²) in [4.78, 5) is 4.34. The van der Waals surface area contributed by atoms with Gasteiger partial charge in [-0.15, -0.1) is 0 Å². The first-order valence-electron chi connectivity index (χ1n) is 6.25. The highest BCUT2D eigenvalue weighted by atomic mass is 35.5. The molecule has 0 aliphatic rings. The number of rotatable bonds is 3. The van der Waals surface area contributed by atoms with Crippen molar-refractivity contribution in [1.29, 1.82) is 0 Å². The van der Waals surface area contributed by atoms with Crippen molar-refractivity contribution in [1.82, 2.24) is 10.1 Å². The van der Waals surface area contributed by atoms with Crippen LogP contribution < -0.4 is 5.73 Å². The van der Waals surface area contributed by atoms with Crippen LogP contribution in [0.4, 0.5) is 5.69 Å². The highest BCUT2D eigenvalue weighted by molar-refractivity contribution is 6.37. The summed E-state index contributed by atoms with van der Waals surface area (Å²) in [5.41, 5.74) is 7.94. The molecule has 0 amide bonds. The van der Waals surface area contributed by atoms with Gasteiger partial charge < -0.3 is 10.3 Å². The third kappa shape index (κ3) is 3.01. The third-order valence-electron chi connectivity index (χ3n) is 3.00. The van der Waals surface area contributed by atoms with E-state index in [9.17, 15) is 0 Å². The summed E-state index contributed by atoms with van der Waals surface area (Å²) in [6.07, 6.45) is 0.582. The number of hydrogen-bond acceptors (Lipinski definition) is 4. The molecule has 0 saturated carbocycles.